The third kappa shape index (κ3) is 2.77. The summed E-state index contributed by atoms with van der Waals surface area (Å²) in [4.78, 5) is 13.4. The van der Waals surface area contributed by atoms with Gasteiger partial charge in [0.2, 0.25) is 0 Å². The monoisotopic (exact) mass is 303 g/mol. The van der Waals surface area contributed by atoms with Crippen LogP contribution in [0.1, 0.15) is 31.1 Å². The Balaban J connectivity index is 3.26. The third-order valence-corrected chi connectivity index (χ3v) is 3.40. The summed E-state index contributed by atoms with van der Waals surface area (Å²) in [6.45, 7) is 7.45. The zero-order valence-electron chi connectivity index (χ0n) is 9.68. The van der Waals surface area contributed by atoms with Crippen LogP contribution < -0.4 is 4.90 Å². The largest absolute Gasteiger partial charge is 0.370 e. The second-order valence-corrected chi connectivity index (χ2v) is 4.78. The van der Waals surface area contributed by atoms with Crippen molar-refractivity contribution in [3.8, 4) is 0 Å². The van der Waals surface area contributed by atoms with Crippen molar-refractivity contribution >= 4 is 39.0 Å². The Kier molecular flexibility index (Phi) is 4.81. The van der Waals surface area contributed by atoms with Crippen molar-refractivity contribution < 1.29 is 4.79 Å². The Hall–Kier alpha value is -0.540. The Morgan fingerprint density at radius 1 is 1.38 bits per heavy atom. The van der Waals surface area contributed by atoms with E-state index in [0.29, 0.717) is 10.6 Å². The van der Waals surface area contributed by atoms with Gasteiger partial charge in [0.15, 0.2) is 5.78 Å². The molecule has 0 saturated carbocycles. The lowest BCUT2D eigenvalue weighted by atomic mass is 10.1. The van der Waals surface area contributed by atoms with Gasteiger partial charge in [0.05, 0.1) is 10.7 Å². The molecule has 88 valence electrons. The smallest absolute Gasteiger partial charge is 0.159 e. The molecule has 4 heteroatoms. The van der Waals surface area contributed by atoms with E-state index in [1.54, 1.807) is 6.07 Å². The molecule has 2 nitrogen and oxygen atoms in total. The van der Waals surface area contributed by atoms with E-state index in [0.717, 1.165) is 23.2 Å². The summed E-state index contributed by atoms with van der Waals surface area (Å²) >= 11 is 9.68. The number of nitrogens with zero attached hydrogens (tertiary/aromatic N) is 1. The van der Waals surface area contributed by atoms with E-state index < -0.39 is 0 Å². The van der Waals surface area contributed by atoms with E-state index in [-0.39, 0.29) is 5.78 Å². The molecular formula is C12H15BrClNO. The Bertz CT molecular complexity index is 379. The SMILES string of the molecule is CCN(CC)c1c(Cl)cc(C(C)=O)cc1Br. The first-order valence-corrected chi connectivity index (χ1v) is 6.43. The van der Waals surface area contributed by atoms with Gasteiger partial charge < -0.3 is 4.90 Å². The van der Waals surface area contributed by atoms with Gasteiger partial charge in [-0.3, -0.25) is 4.79 Å². The zero-order chi connectivity index (χ0) is 12.3. The highest BCUT2D eigenvalue weighted by molar-refractivity contribution is 9.10. The molecule has 0 spiro atoms. The Labute approximate surface area is 110 Å². The van der Waals surface area contributed by atoms with Crippen LogP contribution in [-0.4, -0.2) is 18.9 Å². The first kappa shape index (κ1) is 13.5. The van der Waals surface area contributed by atoms with Crippen molar-refractivity contribution in [1.82, 2.24) is 0 Å². The molecule has 16 heavy (non-hydrogen) atoms. The van der Waals surface area contributed by atoms with Crippen LogP contribution in [0.15, 0.2) is 16.6 Å². The molecule has 0 fully saturated rings. The van der Waals surface area contributed by atoms with Crippen LogP contribution in [0.4, 0.5) is 5.69 Å². The van der Waals surface area contributed by atoms with E-state index in [4.69, 9.17) is 11.6 Å². The highest BCUT2D eigenvalue weighted by atomic mass is 79.9. The van der Waals surface area contributed by atoms with Gasteiger partial charge in [-0.15, -0.1) is 0 Å². The minimum absolute atomic E-state index is 0.0219. The highest BCUT2D eigenvalue weighted by Crippen LogP contribution is 2.35. The lowest BCUT2D eigenvalue weighted by molar-refractivity contribution is 0.101. The minimum atomic E-state index is 0.0219. The van der Waals surface area contributed by atoms with Crippen molar-refractivity contribution in [2.45, 2.75) is 20.8 Å². The van der Waals surface area contributed by atoms with Gasteiger partial charge in [-0.2, -0.15) is 0 Å². The van der Waals surface area contributed by atoms with Gasteiger partial charge in [-0.1, -0.05) is 11.6 Å². The van der Waals surface area contributed by atoms with Gasteiger partial charge in [0.1, 0.15) is 0 Å². The number of Topliss-reactive ketones (excluding diaryl/α,β-unsaturated/α-hetero) is 1. The van der Waals surface area contributed by atoms with Crippen molar-refractivity contribution in [1.29, 1.82) is 0 Å². The first-order valence-electron chi connectivity index (χ1n) is 5.26. The maximum Gasteiger partial charge on any atom is 0.159 e. The van der Waals surface area contributed by atoms with Gasteiger partial charge in [0, 0.05) is 23.1 Å². The fourth-order valence-corrected chi connectivity index (χ4v) is 2.77. The quantitative estimate of drug-likeness (QED) is 0.779. The van der Waals surface area contributed by atoms with Gasteiger partial charge in [-0.05, 0) is 48.8 Å². The average molecular weight is 305 g/mol. The molecule has 0 bridgehead atoms. The molecule has 0 atom stereocenters. The summed E-state index contributed by atoms with van der Waals surface area (Å²) in [6.07, 6.45) is 0. The second kappa shape index (κ2) is 5.69. The predicted molar refractivity (Wildman–Crippen MR) is 72.7 cm³/mol. The van der Waals surface area contributed by atoms with Crippen LogP contribution in [0.5, 0.6) is 0 Å². The predicted octanol–water partition coefficient (Wildman–Crippen LogP) is 4.15. The normalized spacial score (nSPS) is 10.3. The van der Waals surface area contributed by atoms with Gasteiger partial charge >= 0.3 is 0 Å². The molecule has 0 aliphatic heterocycles. The minimum Gasteiger partial charge on any atom is -0.370 e. The number of halogens is 2. The van der Waals surface area contributed by atoms with E-state index in [9.17, 15) is 4.79 Å². The summed E-state index contributed by atoms with van der Waals surface area (Å²) in [5, 5.41) is 0.614. The molecule has 1 aromatic rings. The lowest BCUT2D eigenvalue weighted by Crippen LogP contribution is -2.22. The number of ketones is 1. The van der Waals surface area contributed by atoms with Crippen molar-refractivity contribution in [3.05, 3.63) is 27.2 Å². The molecule has 0 N–H and O–H groups in total. The third-order valence-electron chi connectivity index (χ3n) is 2.50. The maximum absolute atomic E-state index is 11.3. The standard InChI is InChI=1S/C12H15BrClNO/c1-4-15(5-2)12-10(13)6-9(8(3)16)7-11(12)14/h6-7H,4-5H2,1-3H3. The van der Waals surface area contributed by atoms with Crippen LogP contribution in [-0.2, 0) is 0 Å². The van der Waals surface area contributed by atoms with Crippen LogP contribution in [0, 0.1) is 0 Å². The van der Waals surface area contributed by atoms with Gasteiger partial charge in [-0.25, -0.2) is 0 Å². The number of carbonyl (C=O) groups is 1. The number of hydrogen-bond acceptors (Lipinski definition) is 2. The second-order valence-electron chi connectivity index (χ2n) is 3.52. The molecule has 0 unspecified atom stereocenters. The number of hydrogen-bond donors (Lipinski definition) is 0. The van der Waals surface area contributed by atoms with E-state index >= 15 is 0 Å². The Morgan fingerprint density at radius 3 is 2.31 bits per heavy atom. The van der Waals surface area contributed by atoms with Crippen LogP contribution in [0.25, 0.3) is 0 Å². The van der Waals surface area contributed by atoms with Crippen molar-refractivity contribution in [2.24, 2.45) is 0 Å². The molecule has 1 aromatic carbocycles. The summed E-state index contributed by atoms with van der Waals surface area (Å²) in [5.41, 5.74) is 1.59. The number of carbonyl (C=O) groups excluding carboxylic acids is 1. The average Bonchev–Trinajstić information content (AvgIpc) is 2.22. The van der Waals surface area contributed by atoms with Crippen molar-refractivity contribution in [3.63, 3.8) is 0 Å². The van der Waals surface area contributed by atoms with Crippen LogP contribution in [0.2, 0.25) is 5.02 Å². The van der Waals surface area contributed by atoms with Crippen LogP contribution in [0.3, 0.4) is 0 Å². The molecule has 0 aliphatic carbocycles. The molecule has 0 radical (unpaired) electrons. The molecule has 0 aliphatic rings. The fourth-order valence-electron chi connectivity index (χ4n) is 1.61. The Morgan fingerprint density at radius 2 is 1.94 bits per heavy atom. The topological polar surface area (TPSA) is 20.3 Å². The number of rotatable bonds is 4. The first-order chi connectivity index (χ1) is 7.51. The summed E-state index contributed by atoms with van der Waals surface area (Å²) in [5.74, 6) is 0.0219. The van der Waals surface area contributed by atoms with Crippen molar-refractivity contribution in [2.75, 3.05) is 18.0 Å². The van der Waals surface area contributed by atoms with E-state index in [1.165, 1.54) is 6.92 Å². The fraction of sp³-hybridized carbons (Fsp3) is 0.417. The zero-order valence-corrected chi connectivity index (χ0v) is 12.0. The van der Waals surface area contributed by atoms with Crippen LogP contribution >= 0.6 is 27.5 Å². The highest BCUT2D eigenvalue weighted by Gasteiger charge is 2.14. The summed E-state index contributed by atoms with van der Waals surface area (Å²) < 4.78 is 0.869. The molecule has 0 aromatic heterocycles. The number of benzene rings is 1. The van der Waals surface area contributed by atoms with Gasteiger partial charge in [0.25, 0.3) is 0 Å². The lowest BCUT2D eigenvalue weighted by Gasteiger charge is -2.24. The van der Waals surface area contributed by atoms with E-state index in [2.05, 4.69) is 34.7 Å². The summed E-state index contributed by atoms with van der Waals surface area (Å²) in [7, 11) is 0. The molecular weight excluding hydrogens is 289 g/mol. The summed E-state index contributed by atoms with van der Waals surface area (Å²) in [6, 6.07) is 3.55. The van der Waals surface area contributed by atoms with E-state index in [1.807, 2.05) is 6.07 Å². The molecule has 1 rings (SSSR count). The molecule has 0 saturated heterocycles. The number of anilines is 1. The maximum atomic E-state index is 11.3. The molecule has 0 amide bonds. The molecule has 0 heterocycles.